The molecule has 0 saturated heterocycles. The molecule has 0 saturated carbocycles. The molecule has 0 fully saturated rings. The van der Waals surface area contributed by atoms with Crippen LogP contribution in [0.1, 0.15) is 6.92 Å². The largest absolute Gasteiger partial charge is 0.479 e. The first-order chi connectivity index (χ1) is 15.0. The maximum atomic E-state index is 13.1. The zero-order chi connectivity index (χ0) is 22.0. The number of aryl methyl sites for hydroxylation is 1. The highest BCUT2D eigenvalue weighted by Gasteiger charge is 2.23. The minimum atomic E-state index is -0.356. The summed E-state index contributed by atoms with van der Waals surface area (Å²) < 4.78 is 8.29. The van der Waals surface area contributed by atoms with E-state index in [0.29, 0.717) is 23.5 Å². The van der Waals surface area contributed by atoms with E-state index in [-0.39, 0.29) is 24.0 Å². The van der Waals surface area contributed by atoms with Gasteiger partial charge in [-0.05, 0) is 19.1 Å². The van der Waals surface area contributed by atoms with E-state index in [9.17, 15) is 9.59 Å². The number of aromatic nitrogens is 4. The van der Waals surface area contributed by atoms with Crippen LogP contribution in [0, 0.1) is 0 Å². The first kappa shape index (κ1) is 20.3. The molecule has 158 valence electrons. The Bertz CT molecular complexity index is 1280. The molecule has 0 unspecified atom stereocenters. The highest BCUT2D eigenvalue weighted by Crippen LogP contribution is 2.26. The van der Waals surface area contributed by atoms with Gasteiger partial charge in [-0.3, -0.25) is 13.9 Å². The van der Waals surface area contributed by atoms with Gasteiger partial charge in [0, 0.05) is 24.8 Å². The van der Waals surface area contributed by atoms with Gasteiger partial charge in [0.05, 0.1) is 7.11 Å². The van der Waals surface area contributed by atoms with Crippen LogP contribution in [0.5, 0.6) is 5.88 Å². The predicted molar refractivity (Wildman–Crippen MR) is 119 cm³/mol. The highest BCUT2D eigenvalue weighted by atomic mass is 16.5. The van der Waals surface area contributed by atoms with Crippen molar-refractivity contribution in [2.24, 2.45) is 7.05 Å². The van der Waals surface area contributed by atoms with Crippen molar-refractivity contribution in [2.45, 2.75) is 13.5 Å². The number of carbonyl (C=O) groups excluding carboxylic acids is 1. The van der Waals surface area contributed by atoms with E-state index in [4.69, 9.17) is 4.74 Å². The quantitative estimate of drug-likeness (QED) is 0.482. The zero-order valence-electron chi connectivity index (χ0n) is 17.6. The van der Waals surface area contributed by atoms with E-state index >= 15 is 0 Å². The van der Waals surface area contributed by atoms with Gasteiger partial charge in [0.15, 0.2) is 17.0 Å². The van der Waals surface area contributed by atoms with Crippen LogP contribution in [0.25, 0.3) is 22.6 Å². The van der Waals surface area contributed by atoms with E-state index in [1.54, 1.807) is 11.9 Å². The van der Waals surface area contributed by atoms with Gasteiger partial charge in [-0.25, -0.2) is 9.78 Å². The molecule has 0 N–H and O–H groups in total. The lowest BCUT2D eigenvalue weighted by molar-refractivity contribution is -0.119. The number of benzene rings is 2. The third-order valence-electron chi connectivity index (χ3n) is 5.14. The number of likely N-dealkylation sites (N-methyl/N-ethyl adjacent to an activating group) is 1. The molecule has 0 spiro atoms. The van der Waals surface area contributed by atoms with E-state index in [0.717, 1.165) is 11.3 Å². The molecule has 2 heterocycles. The molecule has 2 aromatic carbocycles. The summed E-state index contributed by atoms with van der Waals surface area (Å²) in [5.41, 5.74) is 2.03. The first-order valence-electron chi connectivity index (χ1n) is 9.97. The molecule has 0 aliphatic carbocycles. The second kappa shape index (κ2) is 8.43. The smallest absolute Gasteiger partial charge is 0.330 e. The number of hydrogen-bond acceptors (Lipinski definition) is 5. The summed E-state index contributed by atoms with van der Waals surface area (Å²) in [6.45, 7) is 2.23. The molecule has 31 heavy (non-hydrogen) atoms. The number of fused-ring (bicyclic) bond motifs is 1. The van der Waals surface area contributed by atoms with Crippen molar-refractivity contribution in [3.63, 3.8) is 0 Å². The average Bonchev–Trinajstić information content (AvgIpc) is 3.05. The van der Waals surface area contributed by atoms with Crippen molar-refractivity contribution in [1.82, 2.24) is 19.1 Å². The molecule has 0 atom stereocenters. The lowest BCUT2D eigenvalue weighted by atomic mass is 10.2. The number of imidazole rings is 1. The molecule has 1 amide bonds. The van der Waals surface area contributed by atoms with Gasteiger partial charge in [-0.1, -0.05) is 48.5 Å². The van der Waals surface area contributed by atoms with Crippen molar-refractivity contribution in [2.75, 3.05) is 18.6 Å². The summed E-state index contributed by atoms with van der Waals surface area (Å²) in [6.07, 6.45) is 0. The summed E-state index contributed by atoms with van der Waals surface area (Å²) in [6, 6.07) is 18.8. The maximum Gasteiger partial charge on any atom is 0.330 e. The van der Waals surface area contributed by atoms with Gasteiger partial charge >= 0.3 is 5.69 Å². The Balaban J connectivity index is 1.81. The number of anilines is 1. The number of nitrogens with zero attached hydrogens (tertiary/aromatic N) is 5. The van der Waals surface area contributed by atoms with E-state index in [1.165, 1.54) is 16.2 Å². The van der Waals surface area contributed by atoms with Crippen LogP contribution < -0.4 is 15.3 Å². The minimum absolute atomic E-state index is 0.149. The third kappa shape index (κ3) is 3.68. The summed E-state index contributed by atoms with van der Waals surface area (Å²) in [5, 5.41) is 0. The Morgan fingerprint density at radius 1 is 1.03 bits per heavy atom. The fourth-order valence-corrected chi connectivity index (χ4v) is 3.60. The van der Waals surface area contributed by atoms with Crippen LogP contribution in [0.15, 0.2) is 65.5 Å². The molecule has 4 rings (SSSR count). The van der Waals surface area contributed by atoms with E-state index < -0.39 is 0 Å². The standard InChI is InChI=1S/C23H23N5O3/c1-4-27(17-13-9-6-10-14-17)18(29)15-28-19-21(26(2)23(28)30)24-20(25-22(19)31-3)16-11-7-5-8-12-16/h5-14H,4,15H2,1-3H3. The molecule has 8 nitrogen and oxygen atoms in total. The second-order valence-electron chi connectivity index (χ2n) is 7.00. The topological polar surface area (TPSA) is 82.3 Å². The van der Waals surface area contributed by atoms with Crippen LogP contribution in [0.4, 0.5) is 5.69 Å². The average molecular weight is 417 g/mol. The lowest BCUT2D eigenvalue weighted by Gasteiger charge is -2.21. The van der Waals surface area contributed by atoms with Crippen molar-refractivity contribution in [3.05, 3.63) is 71.1 Å². The van der Waals surface area contributed by atoms with E-state index in [1.807, 2.05) is 67.6 Å². The summed E-state index contributed by atoms with van der Waals surface area (Å²) >= 11 is 0. The number of rotatable bonds is 6. The maximum absolute atomic E-state index is 13.1. The summed E-state index contributed by atoms with van der Waals surface area (Å²) in [4.78, 5) is 36.9. The van der Waals surface area contributed by atoms with Crippen LogP contribution in [0.3, 0.4) is 0 Å². The number of hydrogen-bond donors (Lipinski definition) is 0. The molecule has 0 radical (unpaired) electrons. The fourth-order valence-electron chi connectivity index (χ4n) is 3.60. The Kier molecular flexibility index (Phi) is 5.53. The molecule has 0 bridgehead atoms. The van der Waals surface area contributed by atoms with Gasteiger partial charge in [0.2, 0.25) is 11.8 Å². The fraction of sp³-hybridized carbons (Fsp3) is 0.217. The zero-order valence-corrected chi connectivity index (χ0v) is 17.6. The summed E-state index contributed by atoms with van der Waals surface area (Å²) in [7, 11) is 3.12. The number of amides is 1. The van der Waals surface area contributed by atoms with Crippen LogP contribution in [0.2, 0.25) is 0 Å². The minimum Gasteiger partial charge on any atom is -0.479 e. The van der Waals surface area contributed by atoms with Gasteiger partial charge in [-0.2, -0.15) is 4.98 Å². The third-order valence-corrected chi connectivity index (χ3v) is 5.14. The van der Waals surface area contributed by atoms with Crippen LogP contribution >= 0.6 is 0 Å². The van der Waals surface area contributed by atoms with Gasteiger partial charge in [0.1, 0.15) is 6.54 Å². The second-order valence-corrected chi connectivity index (χ2v) is 7.00. The van der Waals surface area contributed by atoms with Crippen molar-refractivity contribution in [1.29, 1.82) is 0 Å². The lowest BCUT2D eigenvalue weighted by Crippen LogP contribution is -2.36. The highest BCUT2D eigenvalue weighted by molar-refractivity contribution is 5.94. The Labute approximate surface area is 179 Å². The number of methoxy groups -OCH3 is 1. The molecule has 4 aromatic rings. The molecule has 8 heteroatoms. The predicted octanol–water partition coefficient (Wildman–Crippen LogP) is 2.86. The number of ether oxygens (including phenoxy) is 1. The SMILES string of the molecule is CCN(C(=O)Cn1c(=O)n(C)c2nc(-c3ccccc3)nc(OC)c21)c1ccccc1. The summed E-state index contributed by atoms with van der Waals surface area (Å²) in [5.74, 6) is 0.484. The van der Waals surface area contributed by atoms with Crippen molar-refractivity contribution >= 4 is 22.8 Å². The Morgan fingerprint density at radius 3 is 2.29 bits per heavy atom. The number of carbonyl (C=O) groups is 1. The van der Waals surface area contributed by atoms with Gasteiger partial charge in [-0.15, -0.1) is 0 Å². The van der Waals surface area contributed by atoms with Gasteiger partial charge in [0.25, 0.3) is 0 Å². The normalized spacial score (nSPS) is 10.9. The molecular formula is C23H23N5O3. The molecule has 0 aliphatic rings. The Morgan fingerprint density at radius 2 is 1.68 bits per heavy atom. The molecular weight excluding hydrogens is 394 g/mol. The Hall–Kier alpha value is -3.94. The molecule has 2 aromatic heterocycles. The van der Waals surface area contributed by atoms with Crippen molar-refractivity contribution in [3.8, 4) is 17.3 Å². The monoisotopic (exact) mass is 417 g/mol. The molecule has 0 aliphatic heterocycles. The number of para-hydroxylation sites is 1. The van der Waals surface area contributed by atoms with Gasteiger partial charge < -0.3 is 9.64 Å². The van der Waals surface area contributed by atoms with E-state index in [2.05, 4.69) is 9.97 Å². The van der Waals surface area contributed by atoms with Crippen molar-refractivity contribution < 1.29 is 9.53 Å². The van der Waals surface area contributed by atoms with Crippen LogP contribution in [-0.4, -0.2) is 38.7 Å². The first-order valence-corrected chi connectivity index (χ1v) is 9.97. The van der Waals surface area contributed by atoms with Crippen LogP contribution in [-0.2, 0) is 18.4 Å².